The van der Waals surface area contributed by atoms with Gasteiger partial charge in [-0.05, 0) is 28.8 Å². The maximum atomic E-state index is 13.3. The minimum atomic E-state index is -1.05. The van der Waals surface area contributed by atoms with Crippen LogP contribution in [0, 0.1) is 0 Å². The summed E-state index contributed by atoms with van der Waals surface area (Å²) >= 11 is 5.90. The highest BCUT2D eigenvalue weighted by atomic mass is 35.5. The van der Waals surface area contributed by atoms with Crippen LogP contribution in [-0.4, -0.2) is 18.1 Å². The standard InChI is InChI=1S/C22H15ClN4O/c23-15-11-9-14(10-12-15)13-24-21-25-20(28)22(27-26-21)18-7-3-1-5-16(18)17-6-2-4-8-19(17)22/h1-13,27H,(H,25,26,28)/b24-13+. The molecule has 0 fully saturated rings. The maximum absolute atomic E-state index is 13.3. The molecule has 5 nitrogen and oxygen atoms in total. The second-order valence-electron chi connectivity index (χ2n) is 6.65. The predicted molar refractivity (Wildman–Crippen MR) is 110 cm³/mol. The summed E-state index contributed by atoms with van der Waals surface area (Å²) in [5.41, 5.74) is 6.74. The quantitative estimate of drug-likeness (QED) is 0.626. The molecule has 3 aromatic carbocycles. The lowest BCUT2D eigenvalue weighted by Crippen LogP contribution is -2.57. The highest BCUT2D eigenvalue weighted by molar-refractivity contribution is 6.30. The fraction of sp³-hybridized carbons (Fsp3) is 0.0455. The Morgan fingerprint density at radius 3 is 2.11 bits per heavy atom. The molecule has 1 aliphatic heterocycles. The number of carbonyl (C=O) groups is 1. The molecule has 1 amide bonds. The Kier molecular flexibility index (Phi) is 3.77. The van der Waals surface area contributed by atoms with Gasteiger partial charge in [0, 0.05) is 22.4 Å². The number of halogens is 1. The number of carbonyl (C=O) groups excluding carboxylic acids is 1. The van der Waals surface area contributed by atoms with E-state index >= 15 is 0 Å². The lowest BCUT2D eigenvalue weighted by atomic mass is 9.87. The molecule has 2 aliphatic rings. The van der Waals surface area contributed by atoms with E-state index in [1.165, 1.54) is 0 Å². The van der Waals surface area contributed by atoms with Gasteiger partial charge in [-0.25, -0.2) is 4.99 Å². The molecule has 0 aromatic heterocycles. The van der Waals surface area contributed by atoms with Gasteiger partial charge in [-0.3, -0.25) is 15.5 Å². The number of hydrogen-bond acceptors (Lipinski definition) is 4. The molecule has 1 heterocycles. The zero-order valence-electron chi connectivity index (χ0n) is 14.7. The number of aliphatic imine (C=N–C) groups is 1. The molecule has 0 atom stereocenters. The first-order valence-corrected chi connectivity index (χ1v) is 9.21. The Morgan fingerprint density at radius 2 is 1.50 bits per heavy atom. The summed E-state index contributed by atoms with van der Waals surface area (Å²) in [5.74, 6) is 0.00981. The lowest BCUT2D eigenvalue weighted by Gasteiger charge is -2.33. The first-order chi connectivity index (χ1) is 13.7. The molecule has 1 aliphatic carbocycles. The summed E-state index contributed by atoms with van der Waals surface area (Å²) in [4.78, 5) is 17.6. The Labute approximate surface area is 166 Å². The van der Waals surface area contributed by atoms with Crippen LogP contribution < -0.4 is 10.7 Å². The zero-order chi connectivity index (χ0) is 19.1. The van der Waals surface area contributed by atoms with Gasteiger partial charge in [-0.2, -0.15) is 0 Å². The number of guanidine groups is 1. The summed E-state index contributed by atoms with van der Waals surface area (Å²) in [7, 11) is 0. The van der Waals surface area contributed by atoms with E-state index in [0.717, 1.165) is 27.8 Å². The normalized spacial score (nSPS) is 16.3. The summed E-state index contributed by atoms with van der Waals surface area (Å²) in [6, 6.07) is 23.0. The van der Waals surface area contributed by atoms with Crippen molar-refractivity contribution in [2.24, 2.45) is 10.1 Å². The molecule has 0 saturated carbocycles. The summed E-state index contributed by atoms with van der Waals surface area (Å²) in [5, 5.41) is 7.85. The van der Waals surface area contributed by atoms with Gasteiger partial charge in [0.2, 0.25) is 5.96 Å². The van der Waals surface area contributed by atoms with Crippen molar-refractivity contribution in [1.82, 2.24) is 10.7 Å². The van der Waals surface area contributed by atoms with E-state index < -0.39 is 5.54 Å². The molecule has 136 valence electrons. The van der Waals surface area contributed by atoms with E-state index in [9.17, 15) is 4.79 Å². The van der Waals surface area contributed by atoms with Gasteiger partial charge in [-0.1, -0.05) is 72.3 Å². The second kappa shape index (κ2) is 6.32. The van der Waals surface area contributed by atoms with Gasteiger partial charge in [0.25, 0.3) is 5.91 Å². The van der Waals surface area contributed by atoms with Crippen LogP contribution in [0.2, 0.25) is 5.02 Å². The number of hydrazone groups is 1. The van der Waals surface area contributed by atoms with E-state index in [4.69, 9.17) is 11.6 Å². The van der Waals surface area contributed by atoms with Crippen LogP contribution >= 0.6 is 11.6 Å². The topological polar surface area (TPSA) is 65.8 Å². The van der Waals surface area contributed by atoms with Crippen LogP contribution in [0.15, 0.2) is 82.9 Å². The van der Waals surface area contributed by atoms with Crippen molar-refractivity contribution in [2.75, 3.05) is 0 Å². The number of nitrogens with one attached hydrogen (secondary N) is 2. The van der Waals surface area contributed by atoms with Crippen LogP contribution in [0.3, 0.4) is 0 Å². The first kappa shape index (κ1) is 16.7. The molecular formula is C22H15ClN4O. The van der Waals surface area contributed by atoms with Gasteiger partial charge in [0.05, 0.1) is 0 Å². The van der Waals surface area contributed by atoms with Crippen LogP contribution in [0.4, 0.5) is 0 Å². The molecule has 0 saturated heterocycles. The molecule has 28 heavy (non-hydrogen) atoms. The van der Waals surface area contributed by atoms with Crippen molar-refractivity contribution >= 4 is 29.7 Å². The van der Waals surface area contributed by atoms with Crippen molar-refractivity contribution in [3.05, 3.63) is 94.5 Å². The largest absolute Gasteiger partial charge is 0.291 e. The Bertz CT molecular complexity index is 1110. The van der Waals surface area contributed by atoms with Crippen molar-refractivity contribution in [3.8, 4) is 11.1 Å². The highest BCUT2D eigenvalue weighted by Crippen LogP contribution is 2.47. The lowest BCUT2D eigenvalue weighted by molar-refractivity contribution is -0.125. The van der Waals surface area contributed by atoms with Crippen LogP contribution in [0.25, 0.3) is 11.1 Å². The van der Waals surface area contributed by atoms with E-state index in [-0.39, 0.29) is 11.9 Å². The molecule has 5 rings (SSSR count). The fourth-order valence-corrected chi connectivity index (χ4v) is 3.88. The molecule has 2 N–H and O–H groups in total. The number of amides is 1. The van der Waals surface area contributed by atoms with Crippen LogP contribution in [-0.2, 0) is 10.3 Å². The van der Waals surface area contributed by atoms with E-state index in [2.05, 4.69) is 20.8 Å². The van der Waals surface area contributed by atoms with Gasteiger partial charge < -0.3 is 0 Å². The number of hydrogen-bond donors (Lipinski definition) is 2. The Balaban J connectivity index is 1.53. The molecule has 0 radical (unpaired) electrons. The van der Waals surface area contributed by atoms with Crippen molar-refractivity contribution in [1.29, 1.82) is 0 Å². The molecule has 1 spiro atoms. The van der Waals surface area contributed by atoms with Crippen LogP contribution in [0.1, 0.15) is 16.7 Å². The van der Waals surface area contributed by atoms with Crippen molar-refractivity contribution in [3.63, 3.8) is 0 Å². The zero-order valence-corrected chi connectivity index (χ0v) is 15.4. The molecular weight excluding hydrogens is 372 g/mol. The van der Waals surface area contributed by atoms with Gasteiger partial charge in [0.1, 0.15) is 0 Å². The average molecular weight is 387 g/mol. The Hall–Kier alpha value is -3.44. The van der Waals surface area contributed by atoms with Crippen molar-refractivity contribution in [2.45, 2.75) is 5.54 Å². The maximum Gasteiger partial charge on any atom is 0.263 e. The average Bonchev–Trinajstić information content (AvgIpc) is 3.01. The Morgan fingerprint density at radius 1 is 0.893 bits per heavy atom. The summed E-state index contributed by atoms with van der Waals surface area (Å²) in [6.45, 7) is 0. The predicted octanol–water partition coefficient (Wildman–Crippen LogP) is 3.67. The van der Waals surface area contributed by atoms with Gasteiger partial charge in [0.15, 0.2) is 5.54 Å². The third kappa shape index (κ3) is 2.44. The minimum absolute atomic E-state index is 0.205. The minimum Gasteiger partial charge on any atom is -0.291 e. The SMILES string of the molecule is O=C1NC(/N=C/c2ccc(Cl)cc2)=NNC12c1ccccc1-c1ccccc12. The number of fused-ring (bicyclic) bond motifs is 5. The smallest absolute Gasteiger partial charge is 0.263 e. The third-order valence-electron chi connectivity index (χ3n) is 5.05. The summed E-state index contributed by atoms with van der Waals surface area (Å²) < 4.78 is 0. The molecule has 0 bridgehead atoms. The van der Waals surface area contributed by atoms with E-state index in [1.54, 1.807) is 18.3 Å². The molecule has 3 aromatic rings. The highest BCUT2D eigenvalue weighted by Gasteiger charge is 2.51. The number of rotatable bonds is 1. The number of nitrogens with zero attached hydrogens (tertiary/aromatic N) is 2. The number of benzene rings is 3. The van der Waals surface area contributed by atoms with Gasteiger partial charge in [-0.15, -0.1) is 5.10 Å². The second-order valence-corrected chi connectivity index (χ2v) is 7.09. The first-order valence-electron chi connectivity index (χ1n) is 8.84. The van der Waals surface area contributed by atoms with Crippen molar-refractivity contribution < 1.29 is 4.79 Å². The van der Waals surface area contributed by atoms with Gasteiger partial charge >= 0.3 is 0 Å². The monoisotopic (exact) mass is 386 g/mol. The van der Waals surface area contributed by atoms with Crippen LogP contribution in [0.5, 0.6) is 0 Å². The molecule has 0 unspecified atom stereocenters. The fourth-order valence-electron chi connectivity index (χ4n) is 3.76. The van der Waals surface area contributed by atoms with E-state index in [0.29, 0.717) is 5.02 Å². The van der Waals surface area contributed by atoms with E-state index in [1.807, 2.05) is 60.7 Å². The molecule has 6 heteroatoms. The third-order valence-corrected chi connectivity index (χ3v) is 5.31. The summed E-state index contributed by atoms with van der Waals surface area (Å²) in [6.07, 6.45) is 1.63.